The van der Waals surface area contributed by atoms with Crippen LogP contribution in [0.3, 0.4) is 0 Å². The largest absolute Gasteiger partial charge is 0.453 e. The van der Waals surface area contributed by atoms with Crippen LogP contribution in [-0.2, 0) is 13.5 Å². The Morgan fingerprint density at radius 3 is 2.89 bits per heavy atom. The van der Waals surface area contributed by atoms with Crippen molar-refractivity contribution in [3.05, 3.63) is 40.8 Å². The van der Waals surface area contributed by atoms with Crippen molar-refractivity contribution in [2.75, 3.05) is 6.54 Å². The molecule has 2 heterocycles. The molecular weight excluding hydrogens is 306 g/mol. The fourth-order valence-electron chi connectivity index (χ4n) is 2.09. The number of nitrogens with zero attached hydrogens (tertiary/aromatic N) is 2. The van der Waals surface area contributed by atoms with Crippen LogP contribution >= 0.6 is 15.9 Å². The van der Waals surface area contributed by atoms with E-state index >= 15 is 0 Å². The summed E-state index contributed by atoms with van der Waals surface area (Å²) in [5.41, 5.74) is 0. The highest BCUT2D eigenvalue weighted by Crippen LogP contribution is 2.24. The minimum Gasteiger partial charge on any atom is -0.453 e. The van der Waals surface area contributed by atoms with Crippen molar-refractivity contribution in [2.45, 2.75) is 32.2 Å². The minimum atomic E-state index is 0.239. The molecule has 0 radical (unpaired) electrons. The van der Waals surface area contributed by atoms with Gasteiger partial charge in [-0.2, -0.15) is 0 Å². The summed E-state index contributed by atoms with van der Waals surface area (Å²) in [4.78, 5) is 4.36. The Kier molecular flexibility index (Phi) is 5.22. The maximum absolute atomic E-state index is 5.67. The Balaban J connectivity index is 1.99. The highest BCUT2D eigenvalue weighted by molar-refractivity contribution is 9.10. The Morgan fingerprint density at radius 1 is 1.47 bits per heavy atom. The van der Waals surface area contributed by atoms with Gasteiger partial charge in [0.2, 0.25) is 0 Å². The molecule has 2 aromatic heterocycles. The number of hydrogen-bond acceptors (Lipinski definition) is 3. The number of halogens is 1. The summed E-state index contributed by atoms with van der Waals surface area (Å²) in [6.07, 6.45) is 6.84. The van der Waals surface area contributed by atoms with E-state index in [2.05, 4.69) is 37.7 Å². The van der Waals surface area contributed by atoms with Crippen LogP contribution in [0.15, 0.2) is 33.6 Å². The Labute approximate surface area is 122 Å². The molecule has 1 unspecified atom stereocenters. The lowest BCUT2D eigenvalue weighted by atomic mass is 10.1. The van der Waals surface area contributed by atoms with Crippen LogP contribution in [0.1, 0.15) is 37.4 Å². The van der Waals surface area contributed by atoms with Crippen LogP contribution in [0.4, 0.5) is 0 Å². The standard InChI is InChI=1S/C14H20BrN3O/c1-3-8-16-11(12-5-6-13(15)19-12)4-7-14-17-9-10-18(14)2/h5-6,9-11,16H,3-4,7-8H2,1-2H3. The predicted molar refractivity (Wildman–Crippen MR) is 79.0 cm³/mol. The second-order valence-electron chi connectivity index (χ2n) is 4.64. The molecule has 0 aliphatic heterocycles. The average Bonchev–Trinajstić information content (AvgIpc) is 2.99. The lowest BCUT2D eigenvalue weighted by Gasteiger charge is -2.16. The molecule has 1 atom stereocenters. The van der Waals surface area contributed by atoms with Gasteiger partial charge in [0, 0.05) is 25.9 Å². The van der Waals surface area contributed by atoms with Gasteiger partial charge in [-0.05, 0) is 47.4 Å². The highest BCUT2D eigenvalue weighted by Gasteiger charge is 2.15. The summed E-state index contributed by atoms with van der Waals surface area (Å²) in [7, 11) is 2.03. The summed E-state index contributed by atoms with van der Waals surface area (Å²) < 4.78 is 8.51. The molecule has 0 saturated heterocycles. The zero-order chi connectivity index (χ0) is 13.7. The van der Waals surface area contributed by atoms with Crippen molar-refractivity contribution in [1.29, 1.82) is 0 Å². The Hall–Kier alpha value is -1.07. The van der Waals surface area contributed by atoms with Gasteiger partial charge in [-0.15, -0.1) is 0 Å². The predicted octanol–water partition coefficient (Wildman–Crippen LogP) is 3.45. The SMILES string of the molecule is CCCNC(CCc1nccn1C)c1ccc(Br)o1. The van der Waals surface area contributed by atoms with Crippen molar-refractivity contribution in [3.8, 4) is 0 Å². The van der Waals surface area contributed by atoms with Crippen molar-refractivity contribution in [1.82, 2.24) is 14.9 Å². The summed E-state index contributed by atoms with van der Waals surface area (Å²) in [5.74, 6) is 2.09. The number of aromatic nitrogens is 2. The van der Waals surface area contributed by atoms with Crippen LogP contribution in [0.2, 0.25) is 0 Å². The summed E-state index contributed by atoms with van der Waals surface area (Å²) in [6.45, 7) is 3.16. The zero-order valence-electron chi connectivity index (χ0n) is 11.4. The quantitative estimate of drug-likeness (QED) is 0.847. The Morgan fingerprint density at radius 2 is 2.32 bits per heavy atom. The first-order valence-corrected chi connectivity index (χ1v) is 7.44. The van der Waals surface area contributed by atoms with E-state index in [4.69, 9.17) is 4.42 Å². The molecule has 0 amide bonds. The summed E-state index contributed by atoms with van der Waals surface area (Å²) in [5, 5.41) is 3.53. The van der Waals surface area contributed by atoms with Crippen LogP contribution < -0.4 is 5.32 Å². The van der Waals surface area contributed by atoms with Gasteiger partial charge in [0.05, 0.1) is 6.04 Å². The maximum Gasteiger partial charge on any atom is 0.169 e. The molecule has 0 aliphatic carbocycles. The van der Waals surface area contributed by atoms with Gasteiger partial charge in [-0.25, -0.2) is 4.98 Å². The molecule has 2 aromatic rings. The number of imidazole rings is 1. The van der Waals surface area contributed by atoms with Crippen molar-refractivity contribution < 1.29 is 4.42 Å². The lowest BCUT2D eigenvalue weighted by molar-refractivity contribution is 0.384. The topological polar surface area (TPSA) is 43.0 Å². The lowest BCUT2D eigenvalue weighted by Crippen LogP contribution is -2.22. The number of furan rings is 1. The first kappa shape index (κ1) is 14.3. The van der Waals surface area contributed by atoms with Gasteiger partial charge in [0.1, 0.15) is 11.6 Å². The van der Waals surface area contributed by atoms with E-state index < -0.39 is 0 Å². The fourth-order valence-corrected chi connectivity index (χ4v) is 2.41. The van der Waals surface area contributed by atoms with Gasteiger partial charge in [-0.3, -0.25) is 0 Å². The van der Waals surface area contributed by atoms with E-state index in [9.17, 15) is 0 Å². The van der Waals surface area contributed by atoms with E-state index in [1.165, 1.54) is 0 Å². The van der Waals surface area contributed by atoms with E-state index in [0.717, 1.165) is 42.1 Å². The molecule has 19 heavy (non-hydrogen) atoms. The van der Waals surface area contributed by atoms with Gasteiger partial charge in [-0.1, -0.05) is 6.92 Å². The third kappa shape index (κ3) is 3.94. The minimum absolute atomic E-state index is 0.239. The smallest absolute Gasteiger partial charge is 0.169 e. The number of aryl methyl sites for hydroxylation is 2. The maximum atomic E-state index is 5.67. The molecule has 0 aromatic carbocycles. The molecule has 4 nitrogen and oxygen atoms in total. The van der Waals surface area contributed by atoms with Crippen molar-refractivity contribution >= 4 is 15.9 Å². The normalized spacial score (nSPS) is 12.8. The molecule has 0 fully saturated rings. The van der Waals surface area contributed by atoms with Gasteiger partial charge in [0.15, 0.2) is 4.67 Å². The molecule has 1 N–H and O–H groups in total. The molecule has 0 bridgehead atoms. The van der Waals surface area contributed by atoms with E-state index in [-0.39, 0.29) is 6.04 Å². The molecule has 104 valence electrons. The first-order valence-electron chi connectivity index (χ1n) is 6.65. The molecule has 0 spiro atoms. The number of nitrogens with one attached hydrogen (secondary N) is 1. The summed E-state index contributed by atoms with van der Waals surface area (Å²) >= 11 is 3.36. The molecule has 0 saturated carbocycles. The fraction of sp³-hybridized carbons (Fsp3) is 0.500. The molecule has 2 rings (SSSR count). The average molecular weight is 326 g/mol. The molecule has 0 aliphatic rings. The molecular formula is C14H20BrN3O. The molecule has 5 heteroatoms. The number of hydrogen-bond donors (Lipinski definition) is 1. The zero-order valence-corrected chi connectivity index (χ0v) is 13.0. The van der Waals surface area contributed by atoms with Gasteiger partial charge >= 0.3 is 0 Å². The van der Waals surface area contributed by atoms with Crippen LogP contribution in [-0.4, -0.2) is 16.1 Å². The monoisotopic (exact) mass is 325 g/mol. The second kappa shape index (κ2) is 6.91. The van der Waals surface area contributed by atoms with Crippen LogP contribution in [0.25, 0.3) is 0 Å². The second-order valence-corrected chi connectivity index (χ2v) is 5.42. The van der Waals surface area contributed by atoms with Gasteiger partial charge in [0.25, 0.3) is 0 Å². The van der Waals surface area contributed by atoms with Crippen LogP contribution in [0.5, 0.6) is 0 Å². The van der Waals surface area contributed by atoms with Gasteiger partial charge < -0.3 is 14.3 Å². The number of rotatable bonds is 7. The van der Waals surface area contributed by atoms with E-state index in [0.29, 0.717) is 0 Å². The van der Waals surface area contributed by atoms with E-state index in [1.54, 1.807) is 0 Å². The van der Waals surface area contributed by atoms with Crippen molar-refractivity contribution in [3.63, 3.8) is 0 Å². The third-order valence-electron chi connectivity index (χ3n) is 3.16. The Bertz CT molecular complexity index is 506. The highest BCUT2D eigenvalue weighted by atomic mass is 79.9. The summed E-state index contributed by atoms with van der Waals surface area (Å²) in [6, 6.07) is 4.20. The van der Waals surface area contributed by atoms with E-state index in [1.807, 2.05) is 31.6 Å². The van der Waals surface area contributed by atoms with Crippen LogP contribution in [0, 0.1) is 0 Å². The van der Waals surface area contributed by atoms with Crippen molar-refractivity contribution in [2.24, 2.45) is 7.05 Å². The third-order valence-corrected chi connectivity index (χ3v) is 3.58. The first-order chi connectivity index (χ1) is 9.20.